The number of carbonyl (C=O) groups is 3. The second-order valence-electron chi connectivity index (χ2n) is 14.5. The summed E-state index contributed by atoms with van der Waals surface area (Å²) in [4.78, 5) is 47.6. The van der Waals surface area contributed by atoms with E-state index in [9.17, 15) is 19.5 Å². The van der Waals surface area contributed by atoms with Gasteiger partial charge in [0.2, 0.25) is 5.91 Å². The number of nitrogens with zero attached hydrogens (tertiary/aromatic N) is 3. The quantitative estimate of drug-likeness (QED) is 0.183. The van der Waals surface area contributed by atoms with Crippen LogP contribution in [0.15, 0.2) is 54.2 Å². The molecule has 47 heavy (non-hydrogen) atoms. The smallest absolute Gasteiger partial charge is 0.413 e. The fourth-order valence-electron chi connectivity index (χ4n) is 5.32. The lowest BCUT2D eigenvalue weighted by atomic mass is 10.0. The largest absolute Gasteiger partial charge is 0.465 e. The molecule has 11 nitrogen and oxygen atoms in total. The highest BCUT2D eigenvalue weighted by Crippen LogP contribution is 2.44. The van der Waals surface area contributed by atoms with Crippen LogP contribution in [0.1, 0.15) is 77.3 Å². The van der Waals surface area contributed by atoms with Crippen molar-refractivity contribution in [3.05, 3.63) is 71.0 Å². The van der Waals surface area contributed by atoms with Gasteiger partial charge in [-0.15, -0.1) is 11.3 Å². The molecule has 0 radical (unpaired) electrons. The number of rotatable bonds is 10. The van der Waals surface area contributed by atoms with Gasteiger partial charge in [0.15, 0.2) is 13.4 Å². The van der Waals surface area contributed by atoms with E-state index in [4.69, 9.17) is 9.16 Å². The van der Waals surface area contributed by atoms with E-state index in [0.717, 1.165) is 11.1 Å². The molecule has 1 fully saturated rings. The lowest BCUT2D eigenvalue weighted by Crippen LogP contribution is -2.49. The van der Waals surface area contributed by atoms with Gasteiger partial charge >= 0.3 is 12.2 Å². The monoisotopic (exact) mass is 681 g/mol. The van der Waals surface area contributed by atoms with Crippen molar-refractivity contribution in [1.82, 2.24) is 14.9 Å². The molecular weight excluding hydrogens is 635 g/mol. The molecule has 1 saturated heterocycles. The highest BCUT2D eigenvalue weighted by molar-refractivity contribution is 7.13. The molecule has 3 heterocycles. The molecule has 1 aliphatic rings. The Kier molecular flexibility index (Phi) is 11.1. The number of thiazole rings is 1. The van der Waals surface area contributed by atoms with Crippen molar-refractivity contribution < 1.29 is 28.7 Å². The van der Waals surface area contributed by atoms with Gasteiger partial charge in [0.25, 0.3) is 0 Å². The number of carbonyl (C=O) groups excluding carboxylic acids is 2. The Morgan fingerprint density at radius 2 is 1.77 bits per heavy atom. The van der Waals surface area contributed by atoms with Gasteiger partial charge in [0, 0.05) is 29.5 Å². The van der Waals surface area contributed by atoms with Gasteiger partial charge < -0.3 is 19.6 Å². The minimum atomic E-state index is -2.24. The van der Waals surface area contributed by atoms with Crippen molar-refractivity contribution in [2.75, 3.05) is 10.6 Å². The van der Waals surface area contributed by atoms with Gasteiger partial charge in [0.1, 0.15) is 5.60 Å². The van der Waals surface area contributed by atoms with Gasteiger partial charge in [-0.1, -0.05) is 39.0 Å². The zero-order valence-electron chi connectivity index (χ0n) is 28.5. The summed E-state index contributed by atoms with van der Waals surface area (Å²) < 4.78 is 12.1. The third-order valence-corrected chi connectivity index (χ3v) is 13.8. The van der Waals surface area contributed by atoms with Crippen LogP contribution in [-0.2, 0) is 26.8 Å². The third-order valence-electron chi connectivity index (χ3n) is 8.57. The number of pyridine rings is 1. The summed E-state index contributed by atoms with van der Waals surface area (Å²) in [7, 11) is -2.24. The molecule has 0 spiro atoms. The van der Waals surface area contributed by atoms with Crippen LogP contribution in [0.3, 0.4) is 0 Å². The van der Waals surface area contributed by atoms with Crippen LogP contribution in [0.4, 0.5) is 20.4 Å². The van der Waals surface area contributed by atoms with Crippen LogP contribution in [-0.4, -0.2) is 64.1 Å². The maximum Gasteiger partial charge on any atom is 0.413 e. The molecule has 3 atom stereocenters. The number of benzene rings is 1. The second kappa shape index (κ2) is 14.5. The fraction of sp³-hybridized carbons (Fsp3) is 0.500. The molecule has 1 aromatic carbocycles. The molecule has 0 unspecified atom stereocenters. The average Bonchev–Trinajstić information content (AvgIpc) is 3.58. The minimum absolute atomic E-state index is 0.0420. The normalized spacial score (nSPS) is 17.7. The predicted molar refractivity (Wildman–Crippen MR) is 186 cm³/mol. The molecule has 3 aromatic rings. The number of likely N-dealkylation sites (tertiary alicyclic amines) is 1. The summed E-state index contributed by atoms with van der Waals surface area (Å²) in [6, 6.07) is 10.8. The van der Waals surface area contributed by atoms with E-state index in [0.29, 0.717) is 35.8 Å². The molecule has 2 aromatic heterocycles. The highest BCUT2D eigenvalue weighted by Gasteiger charge is 2.47. The first-order chi connectivity index (χ1) is 21.9. The van der Waals surface area contributed by atoms with Crippen LogP contribution < -0.4 is 10.6 Å². The van der Waals surface area contributed by atoms with E-state index in [1.807, 2.05) is 36.4 Å². The number of aromatic nitrogens is 2. The van der Waals surface area contributed by atoms with E-state index in [2.05, 4.69) is 54.5 Å². The van der Waals surface area contributed by atoms with Crippen molar-refractivity contribution in [3.63, 3.8) is 0 Å². The summed E-state index contributed by atoms with van der Waals surface area (Å²) >= 11 is 1.22. The van der Waals surface area contributed by atoms with Crippen LogP contribution in [0.5, 0.6) is 0 Å². The molecule has 0 aliphatic carbocycles. The Hall–Kier alpha value is -3.81. The van der Waals surface area contributed by atoms with Gasteiger partial charge in [-0.25, -0.2) is 14.6 Å². The number of carboxylic acid groups (broad SMARTS) is 1. The van der Waals surface area contributed by atoms with E-state index in [-0.39, 0.29) is 29.4 Å². The topological polar surface area (TPSA) is 143 Å². The fourth-order valence-corrected chi connectivity index (χ4v) is 7.29. The van der Waals surface area contributed by atoms with Crippen LogP contribution in [0.25, 0.3) is 0 Å². The van der Waals surface area contributed by atoms with Crippen molar-refractivity contribution in [2.24, 2.45) is 0 Å². The maximum atomic E-state index is 12.7. The second-order valence-corrected chi connectivity index (χ2v) is 20.1. The molecule has 3 N–H and O–H groups in total. The molecule has 254 valence electrons. The highest BCUT2D eigenvalue weighted by atomic mass is 32.1. The van der Waals surface area contributed by atoms with Crippen LogP contribution in [0.2, 0.25) is 18.1 Å². The Morgan fingerprint density at radius 3 is 2.36 bits per heavy atom. The lowest BCUT2D eigenvalue weighted by Gasteiger charge is -2.42. The number of amides is 3. The van der Waals surface area contributed by atoms with Crippen LogP contribution in [0, 0.1) is 0 Å². The van der Waals surface area contributed by atoms with Crippen molar-refractivity contribution in [1.29, 1.82) is 0 Å². The first-order valence-corrected chi connectivity index (χ1v) is 19.6. The predicted octanol–water partition coefficient (Wildman–Crippen LogP) is 7.88. The number of anilines is 2. The summed E-state index contributed by atoms with van der Waals surface area (Å²) in [5, 5.41) is 17.9. The number of hydrogen-bond acceptors (Lipinski definition) is 8. The Balaban J connectivity index is 1.39. The zero-order chi connectivity index (χ0) is 34.6. The van der Waals surface area contributed by atoms with E-state index in [1.54, 1.807) is 43.4 Å². The Labute approximate surface area is 282 Å². The van der Waals surface area contributed by atoms with Gasteiger partial charge in [-0.2, -0.15) is 0 Å². The van der Waals surface area contributed by atoms with E-state index >= 15 is 0 Å². The molecule has 1 aliphatic heterocycles. The van der Waals surface area contributed by atoms with Gasteiger partial charge in [-0.3, -0.25) is 20.0 Å². The molecule has 13 heteroatoms. The zero-order valence-corrected chi connectivity index (χ0v) is 30.3. The molecular formula is C34H47N5O6SSi. The van der Waals surface area contributed by atoms with Crippen LogP contribution >= 0.6 is 11.3 Å². The summed E-state index contributed by atoms with van der Waals surface area (Å²) in [6.45, 7) is 16.2. The third kappa shape index (κ3) is 9.85. The minimum Gasteiger partial charge on any atom is -0.465 e. The summed E-state index contributed by atoms with van der Waals surface area (Å²) in [5.74, 6) is -0.245. The van der Waals surface area contributed by atoms with E-state index < -0.39 is 32.2 Å². The molecule has 4 rings (SSSR count). The SMILES string of the molecule is CC(C)(C)OC(=O)Nc1nc(CC(=O)Nc2ccc(C[C@@H]3CC[C@H]([C@H](O[Si](C)(C)C(C)(C)C)c4cccnc4)N3C(=O)O)cc2)cs1. The number of hydrogen-bond donors (Lipinski definition) is 3. The first-order valence-electron chi connectivity index (χ1n) is 15.8. The van der Waals surface area contributed by atoms with Gasteiger partial charge in [-0.05, 0) is 87.5 Å². The number of nitrogens with one attached hydrogen (secondary N) is 2. The standard InChI is InChI=1S/C34H47N5O6SSi/c1-33(2,3)44-31(41)38-30-37-25(21-46-30)19-28(40)36-24-13-11-22(12-14-24)18-26-15-16-27(39(26)32(42)43)29(23-10-9-17-35-20-23)45-47(7,8)34(4,5)6/h9-14,17,20-21,26-27,29H,15-16,18-19H2,1-8H3,(H,36,40)(H,42,43)(H,37,38,41)/t26-,27+,29+/m0/s1. The maximum absolute atomic E-state index is 12.7. The van der Waals surface area contributed by atoms with Crippen molar-refractivity contribution in [2.45, 2.75) is 109 Å². The Morgan fingerprint density at radius 1 is 1.06 bits per heavy atom. The van der Waals surface area contributed by atoms with Gasteiger partial charge in [0.05, 0.1) is 24.3 Å². The molecule has 0 bridgehead atoms. The molecule has 3 amide bonds. The van der Waals surface area contributed by atoms with Crippen molar-refractivity contribution in [3.8, 4) is 0 Å². The summed E-state index contributed by atoms with van der Waals surface area (Å²) in [6.07, 6.45) is 3.51. The number of ether oxygens (including phenoxy) is 1. The first kappa shape index (κ1) is 36.0. The van der Waals surface area contributed by atoms with E-state index in [1.165, 1.54) is 11.3 Å². The Bertz CT molecular complexity index is 1530. The molecule has 0 saturated carbocycles. The average molecular weight is 682 g/mol. The summed E-state index contributed by atoms with van der Waals surface area (Å²) in [5.41, 5.74) is 2.39. The lowest BCUT2D eigenvalue weighted by molar-refractivity contribution is -0.115. The van der Waals surface area contributed by atoms with Crippen molar-refractivity contribution >= 4 is 48.6 Å².